The van der Waals surface area contributed by atoms with Gasteiger partial charge in [-0.15, -0.1) is 0 Å². The minimum absolute atomic E-state index is 0.349. The Hall–Kier alpha value is -2.70. The number of rotatable bonds is 3. The highest BCUT2D eigenvalue weighted by molar-refractivity contribution is 5.73. The number of hydrogen-bond acceptors (Lipinski definition) is 7. The molecule has 19 heavy (non-hydrogen) atoms. The van der Waals surface area contributed by atoms with Crippen molar-refractivity contribution in [2.24, 2.45) is 0 Å². The topological polar surface area (TPSA) is 83.2 Å². The summed E-state index contributed by atoms with van der Waals surface area (Å²) in [4.78, 5) is 8.45. The molecule has 0 unspecified atom stereocenters. The summed E-state index contributed by atoms with van der Waals surface area (Å²) < 4.78 is 15.1. The van der Waals surface area contributed by atoms with Crippen LogP contribution in [0.3, 0.4) is 0 Å². The molecule has 7 heteroatoms. The molecule has 0 atom stereocenters. The molecule has 1 aromatic carbocycles. The highest BCUT2D eigenvalue weighted by atomic mass is 16.6. The van der Waals surface area contributed by atoms with Crippen LogP contribution in [0.15, 0.2) is 29.0 Å². The molecular formula is C12H10N4O3. The number of methoxy groups -OCH3 is 2. The fourth-order valence-electron chi connectivity index (χ4n) is 1.74. The SMILES string of the molecule is COc1ccc(OC)c(-c2cnc3nonc3n2)c1. The molecule has 0 radical (unpaired) electrons. The Labute approximate surface area is 108 Å². The molecule has 0 bridgehead atoms. The number of nitrogens with zero attached hydrogens (tertiary/aromatic N) is 4. The zero-order valence-corrected chi connectivity index (χ0v) is 10.3. The van der Waals surface area contributed by atoms with Crippen LogP contribution in [0.1, 0.15) is 0 Å². The van der Waals surface area contributed by atoms with Gasteiger partial charge in [0.1, 0.15) is 11.5 Å². The lowest BCUT2D eigenvalue weighted by atomic mass is 10.1. The summed E-state index contributed by atoms with van der Waals surface area (Å²) in [5, 5.41) is 7.29. The Morgan fingerprint density at radius 3 is 2.68 bits per heavy atom. The van der Waals surface area contributed by atoms with Gasteiger partial charge in [0.15, 0.2) is 0 Å². The molecule has 0 amide bonds. The van der Waals surface area contributed by atoms with Crippen molar-refractivity contribution in [1.29, 1.82) is 0 Å². The molecule has 0 aliphatic heterocycles. The van der Waals surface area contributed by atoms with Gasteiger partial charge in [0, 0.05) is 5.56 Å². The lowest BCUT2D eigenvalue weighted by Gasteiger charge is -2.09. The van der Waals surface area contributed by atoms with E-state index in [1.54, 1.807) is 26.5 Å². The van der Waals surface area contributed by atoms with E-state index in [4.69, 9.17) is 9.47 Å². The van der Waals surface area contributed by atoms with E-state index in [1.165, 1.54) is 0 Å². The second-order valence-electron chi connectivity index (χ2n) is 3.73. The second-order valence-corrected chi connectivity index (χ2v) is 3.73. The Morgan fingerprint density at radius 2 is 1.89 bits per heavy atom. The molecule has 0 saturated carbocycles. The molecule has 0 fully saturated rings. The molecule has 96 valence electrons. The third-order valence-electron chi connectivity index (χ3n) is 2.67. The lowest BCUT2D eigenvalue weighted by Crippen LogP contribution is -1.93. The van der Waals surface area contributed by atoms with Gasteiger partial charge in [-0.2, -0.15) is 0 Å². The maximum atomic E-state index is 5.31. The molecule has 7 nitrogen and oxygen atoms in total. The molecule has 0 aliphatic rings. The third-order valence-corrected chi connectivity index (χ3v) is 2.67. The molecule has 3 rings (SSSR count). The van der Waals surface area contributed by atoms with Crippen molar-refractivity contribution < 1.29 is 14.1 Å². The van der Waals surface area contributed by atoms with Crippen molar-refractivity contribution in [2.75, 3.05) is 14.2 Å². The van der Waals surface area contributed by atoms with E-state index in [1.807, 2.05) is 12.1 Å². The fraction of sp³-hybridized carbons (Fsp3) is 0.167. The first-order valence-electron chi connectivity index (χ1n) is 5.49. The monoisotopic (exact) mass is 258 g/mol. The van der Waals surface area contributed by atoms with Crippen molar-refractivity contribution in [1.82, 2.24) is 20.3 Å². The van der Waals surface area contributed by atoms with E-state index in [2.05, 4.69) is 24.9 Å². The van der Waals surface area contributed by atoms with Gasteiger partial charge in [-0.1, -0.05) is 0 Å². The van der Waals surface area contributed by atoms with E-state index in [-0.39, 0.29) is 0 Å². The van der Waals surface area contributed by atoms with Crippen LogP contribution in [-0.4, -0.2) is 34.5 Å². The standard InChI is InChI=1S/C12H10N4O3/c1-17-7-3-4-10(18-2)8(5-7)9-6-13-11-12(14-9)16-19-15-11/h3-6H,1-2H3. The Kier molecular flexibility index (Phi) is 2.71. The van der Waals surface area contributed by atoms with E-state index in [9.17, 15) is 0 Å². The highest BCUT2D eigenvalue weighted by Crippen LogP contribution is 2.32. The van der Waals surface area contributed by atoms with Gasteiger partial charge in [-0.3, -0.25) is 0 Å². The maximum absolute atomic E-state index is 5.31. The summed E-state index contributed by atoms with van der Waals surface area (Å²) >= 11 is 0. The van der Waals surface area contributed by atoms with Crippen molar-refractivity contribution >= 4 is 11.3 Å². The molecule has 0 aliphatic carbocycles. The van der Waals surface area contributed by atoms with Crippen LogP contribution in [-0.2, 0) is 0 Å². The van der Waals surface area contributed by atoms with Crippen LogP contribution in [0, 0.1) is 0 Å². The summed E-state index contributed by atoms with van der Waals surface area (Å²) in [5.41, 5.74) is 2.09. The molecular weight excluding hydrogens is 248 g/mol. The predicted octanol–water partition coefficient (Wildman–Crippen LogP) is 1.70. The Bertz CT molecular complexity index is 726. The van der Waals surface area contributed by atoms with Gasteiger partial charge in [0.2, 0.25) is 11.3 Å². The van der Waals surface area contributed by atoms with E-state index in [0.29, 0.717) is 28.5 Å². The van der Waals surface area contributed by atoms with Crippen LogP contribution in [0.4, 0.5) is 0 Å². The molecule has 0 saturated heterocycles. The van der Waals surface area contributed by atoms with Crippen LogP contribution < -0.4 is 9.47 Å². The largest absolute Gasteiger partial charge is 0.497 e. The highest BCUT2D eigenvalue weighted by Gasteiger charge is 2.12. The average Bonchev–Trinajstić information content (AvgIpc) is 2.93. The molecule has 0 spiro atoms. The number of hydrogen-bond donors (Lipinski definition) is 0. The minimum atomic E-state index is 0.349. The number of aromatic nitrogens is 4. The Balaban J connectivity index is 2.18. The summed E-state index contributed by atoms with van der Waals surface area (Å²) in [5.74, 6) is 1.38. The number of fused-ring (bicyclic) bond motifs is 1. The van der Waals surface area contributed by atoms with Crippen molar-refractivity contribution in [2.45, 2.75) is 0 Å². The van der Waals surface area contributed by atoms with E-state index >= 15 is 0 Å². The molecule has 3 aromatic rings. The fourth-order valence-corrected chi connectivity index (χ4v) is 1.74. The molecule has 0 N–H and O–H groups in total. The first kappa shape index (κ1) is 11.4. The lowest BCUT2D eigenvalue weighted by molar-refractivity contribution is 0.314. The first-order valence-corrected chi connectivity index (χ1v) is 5.49. The van der Waals surface area contributed by atoms with Gasteiger partial charge >= 0.3 is 0 Å². The van der Waals surface area contributed by atoms with Gasteiger partial charge in [-0.05, 0) is 28.5 Å². The van der Waals surface area contributed by atoms with E-state index in [0.717, 1.165) is 5.56 Å². The zero-order valence-electron chi connectivity index (χ0n) is 10.3. The zero-order chi connectivity index (χ0) is 13.2. The van der Waals surface area contributed by atoms with Gasteiger partial charge in [-0.25, -0.2) is 14.6 Å². The first-order chi connectivity index (χ1) is 9.31. The summed E-state index contributed by atoms with van der Waals surface area (Å²) in [6.45, 7) is 0. The molecule has 2 heterocycles. The predicted molar refractivity (Wildman–Crippen MR) is 65.9 cm³/mol. The van der Waals surface area contributed by atoms with Gasteiger partial charge in [0.25, 0.3) is 0 Å². The summed E-state index contributed by atoms with van der Waals surface area (Å²) in [6.07, 6.45) is 1.59. The van der Waals surface area contributed by atoms with Crippen LogP contribution in [0.5, 0.6) is 11.5 Å². The quantitative estimate of drug-likeness (QED) is 0.706. The normalized spacial score (nSPS) is 10.6. The Morgan fingerprint density at radius 1 is 1.05 bits per heavy atom. The van der Waals surface area contributed by atoms with Crippen molar-refractivity contribution in [3.63, 3.8) is 0 Å². The minimum Gasteiger partial charge on any atom is -0.497 e. The number of ether oxygens (including phenoxy) is 2. The van der Waals surface area contributed by atoms with Crippen LogP contribution in [0.25, 0.3) is 22.6 Å². The number of benzene rings is 1. The van der Waals surface area contributed by atoms with Crippen molar-refractivity contribution in [3.05, 3.63) is 24.4 Å². The second kappa shape index (κ2) is 4.52. The third kappa shape index (κ3) is 1.95. The maximum Gasteiger partial charge on any atom is 0.243 e. The smallest absolute Gasteiger partial charge is 0.243 e. The van der Waals surface area contributed by atoms with Gasteiger partial charge in [0.05, 0.1) is 26.1 Å². The van der Waals surface area contributed by atoms with Crippen LogP contribution >= 0.6 is 0 Å². The van der Waals surface area contributed by atoms with E-state index < -0.39 is 0 Å². The van der Waals surface area contributed by atoms with Crippen molar-refractivity contribution in [3.8, 4) is 22.8 Å². The molecule has 2 aromatic heterocycles. The average molecular weight is 258 g/mol. The van der Waals surface area contributed by atoms with Gasteiger partial charge < -0.3 is 9.47 Å². The summed E-state index contributed by atoms with van der Waals surface area (Å²) in [7, 11) is 3.19. The van der Waals surface area contributed by atoms with Crippen LogP contribution in [0.2, 0.25) is 0 Å². The summed E-state index contributed by atoms with van der Waals surface area (Å²) in [6, 6.07) is 5.44.